The Bertz CT molecular complexity index is 3180. The Morgan fingerprint density at radius 2 is 0.832 bits per heavy atom. The highest BCUT2D eigenvalue weighted by Crippen LogP contribution is 2.39. The molecular formula is C64H104N8O40S. The van der Waals surface area contributed by atoms with Crippen LogP contribution >= 0.6 is 11.8 Å². The quantitative estimate of drug-likeness (QED) is 0.0214. The molecule has 8 amide bonds. The Morgan fingerprint density at radius 1 is 0.425 bits per heavy atom. The fourth-order valence-electron chi connectivity index (χ4n) is 14.8. The first-order valence-corrected chi connectivity index (χ1v) is 37.5. The molecule has 27 N–H and O–H groups in total. The lowest BCUT2D eigenvalue weighted by atomic mass is 9.93. The second-order valence-electron chi connectivity index (χ2n) is 28.7. The Morgan fingerprint density at radius 3 is 1.33 bits per heavy atom. The van der Waals surface area contributed by atoms with Crippen molar-refractivity contribution in [3.63, 3.8) is 0 Å². The maximum atomic E-state index is 13.7. The highest BCUT2D eigenvalue weighted by atomic mass is 32.2. The predicted molar refractivity (Wildman–Crippen MR) is 362 cm³/mol. The number of thioether (sulfide) groups is 1. The molecule has 9 rings (SSSR count). The van der Waals surface area contributed by atoms with Crippen LogP contribution in [0, 0.1) is 0 Å². The summed E-state index contributed by atoms with van der Waals surface area (Å²) in [6, 6.07) is -9.43. The highest BCUT2D eigenvalue weighted by molar-refractivity contribution is 8.00. The molecule has 113 heavy (non-hydrogen) atoms. The molecule has 0 bridgehead atoms. The normalized spacial score (nSPS) is 43.5. The maximum Gasteiger partial charge on any atom is 0.326 e. The van der Waals surface area contributed by atoms with Gasteiger partial charge in [-0.05, 0) is 12.8 Å². The first-order chi connectivity index (χ1) is 53.6. The van der Waals surface area contributed by atoms with E-state index in [1.165, 1.54) is 0 Å². The number of rotatable bonds is 33. The molecule has 9 fully saturated rings. The van der Waals surface area contributed by atoms with E-state index >= 15 is 0 Å². The number of carbonyl (C=O) groups excluding carboxylic acids is 7. The molecule has 0 aliphatic carbocycles. The number of unbranched alkanes of at least 4 members (excludes halogenated alkanes) is 1. The summed E-state index contributed by atoms with van der Waals surface area (Å²) >= 11 is 1.66. The molecule has 39 atom stereocenters. The first-order valence-electron chi connectivity index (χ1n) is 36.4. The zero-order valence-corrected chi connectivity index (χ0v) is 62.0. The van der Waals surface area contributed by atoms with Crippen LogP contribution in [0.15, 0.2) is 0 Å². The van der Waals surface area contributed by atoms with E-state index in [-0.39, 0.29) is 29.8 Å². The number of carbonyl (C=O) groups is 8. The van der Waals surface area contributed by atoms with Gasteiger partial charge in [-0.3, -0.25) is 28.8 Å². The summed E-state index contributed by atoms with van der Waals surface area (Å²) < 4.78 is 77.9. The smallest absolute Gasteiger partial charge is 0.326 e. The number of hydrogen-bond donors (Lipinski definition) is 27. The van der Waals surface area contributed by atoms with Gasteiger partial charge < -0.3 is 201 Å². The first kappa shape index (κ1) is 91.6. The van der Waals surface area contributed by atoms with Crippen LogP contribution < -0.4 is 42.5 Å². The highest BCUT2D eigenvalue weighted by Gasteiger charge is 2.60. The van der Waals surface area contributed by atoms with E-state index in [0.29, 0.717) is 25.0 Å². The van der Waals surface area contributed by atoms with Gasteiger partial charge in [0, 0.05) is 45.1 Å². The number of fused-ring (bicyclic) bond motifs is 1. The summed E-state index contributed by atoms with van der Waals surface area (Å²) in [5.74, 6) is -6.29. The number of amides is 8. The minimum Gasteiger partial charge on any atom is -0.480 e. The lowest BCUT2D eigenvalue weighted by Gasteiger charge is -2.51. The van der Waals surface area contributed by atoms with E-state index in [4.69, 9.17) is 61.6 Å². The van der Waals surface area contributed by atoms with Gasteiger partial charge in [0.2, 0.25) is 35.4 Å². The van der Waals surface area contributed by atoms with Gasteiger partial charge in [0.25, 0.3) is 0 Å². The molecule has 19 unspecified atom stereocenters. The molecule has 9 heterocycles. The molecule has 9 saturated heterocycles. The van der Waals surface area contributed by atoms with Crippen molar-refractivity contribution in [2.24, 2.45) is 0 Å². The SMILES string of the molecule is CC(=O)NC1C(O)[C@H](O)[C@H](CO)O[C@H]1O[C@@H]1C(O)[C@H](O)C(CO)O[C@H]1OCC1O[C@@H](O[C@@H]2C(CO)O[C@@H](O[C@@H]3C(CO)O[C@@H](NC(=O)CC(NC(=O)CCCCC4SCC5NC(=O)NC54)C(=O)O)C(NC(C)=O)[C@H]3O)C(NC(C)=O)[C@H]2O)C(O)[C@@H](O[C@H]2OC(CO)[C@@H](O)C(O)C2O[C@@H]2OC(CO)[C@@H](O)C(O)[C@@H]2NC(C)=O)[C@@H]1O. The molecular weight excluding hydrogens is 1550 g/mol. The van der Waals surface area contributed by atoms with Gasteiger partial charge in [0.1, 0.15) is 177 Å². The fourth-order valence-corrected chi connectivity index (χ4v) is 16.3. The van der Waals surface area contributed by atoms with E-state index in [1.54, 1.807) is 11.8 Å². The lowest BCUT2D eigenvalue weighted by molar-refractivity contribution is -0.395. The number of urea groups is 1. The molecule has 0 saturated carbocycles. The third kappa shape index (κ3) is 21.8. The molecule has 0 aromatic carbocycles. The average Bonchev–Trinajstić information content (AvgIpc) is 1.45. The van der Waals surface area contributed by atoms with Crippen LogP contribution in [0.25, 0.3) is 0 Å². The minimum atomic E-state index is -2.52. The van der Waals surface area contributed by atoms with Crippen LogP contribution in [0.2, 0.25) is 0 Å². The number of nitrogens with one attached hydrogen (secondary N) is 8. The molecule has 0 radical (unpaired) electrons. The molecule has 49 heteroatoms. The molecule has 9 aliphatic rings. The molecule has 0 aromatic heterocycles. The average molecular weight is 1660 g/mol. The van der Waals surface area contributed by atoms with Crippen molar-refractivity contribution >= 4 is 59.2 Å². The van der Waals surface area contributed by atoms with Gasteiger partial charge in [-0.2, -0.15) is 11.8 Å². The van der Waals surface area contributed by atoms with Crippen LogP contribution in [-0.4, -0.2) is 434 Å². The summed E-state index contributed by atoms with van der Waals surface area (Å²) in [5, 5.41) is 232. The Kier molecular flexibility index (Phi) is 33.1. The van der Waals surface area contributed by atoms with Gasteiger partial charge in [-0.25, -0.2) is 9.59 Å². The van der Waals surface area contributed by atoms with Crippen molar-refractivity contribution in [1.29, 1.82) is 0 Å². The van der Waals surface area contributed by atoms with E-state index in [0.717, 1.165) is 27.7 Å². The summed E-state index contributed by atoms with van der Waals surface area (Å²) in [6.45, 7) is -3.71. The number of aliphatic hydroxyl groups excluding tert-OH is 18. The van der Waals surface area contributed by atoms with E-state index < -0.39 is 315 Å². The van der Waals surface area contributed by atoms with Crippen molar-refractivity contribution in [3.8, 4) is 0 Å². The van der Waals surface area contributed by atoms with Gasteiger partial charge >= 0.3 is 12.0 Å². The van der Waals surface area contributed by atoms with Crippen LogP contribution in [-0.2, 0) is 95.1 Å². The van der Waals surface area contributed by atoms with Crippen molar-refractivity contribution in [1.82, 2.24) is 42.5 Å². The van der Waals surface area contributed by atoms with Gasteiger partial charge in [-0.1, -0.05) is 6.42 Å². The number of carboxylic acids is 1. The number of carboxylic acid groups (broad SMARTS) is 1. The zero-order valence-electron chi connectivity index (χ0n) is 61.2. The Labute approximate surface area is 646 Å². The predicted octanol–water partition coefficient (Wildman–Crippen LogP) is -15.9. The molecule has 0 aromatic rings. The largest absolute Gasteiger partial charge is 0.480 e. The summed E-state index contributed by atoms with van der Waals surface area (Å²) in [4.78, 5) is 102. The van der Waals surface area contributed by atoms with Crippen LogP contribution in [0.3, 0.4) is 0 Å². The second kappa shape index (κ2) is 40.9. The summed E-state index contributed by atoms with van der Waals surface area (Å²) in [5.41, 5.74) is 0. The van der Waals surface area contributed by atoms with E-state index in [2.05, 4.69) is 42.5 Å². The van der Waals surface area contributed by atoms with Gasteiger partial charge in [-0.15, -0.1) is 0 Å². The van der Waals surface area contributed by atoms with Crippen molar-refractivity contribution < 1.29 is 197 Å². The number of aliphatic hydroxyl groups is 18. The van der Waals surface area contributed by atoms with Crippen molar-refractivity contribution in [2.45, 2.75) is 298 Å². The van der Waals surface area contributed by atoms with Crippen molar-refractivity contribution in [2.75, 3.05) is 52.0 Å². The second-order valence-corrected chi connectivity index (χ2v) is 29.9. The van der Waals surface area contributed by atoms with Crippen LogP contribution in [0.4, 0.5) is 4.79 Å². The minimum absolute atomic E-state index is 0.0252. The monoisotopic (exact) mass is 1660 g/mol. The zero-order chi connectivity index (χ0) is 82.9. The van der Waals surface area contributed by atoms with Gasteiger partial charge in [0.15, 0.2) is 44.0 Å². The number of aliphatic carboxylic acids is 1. The number of ether oxygens (including phenoxy) is 13. The number of hydrogen-bond acceptors (Lipinski definition) is 40. The lowest BCUT2D eigenvalue weighted by Crippen LogP contribution is -2.71. The standard InChI is InChI=1S/C64H104N8O40S/c1-18(79)65-35-46(92)51(28(14-77)101-56(35)71-33(84)9-22(57(97)98)69-32(83)8-6-5-7-31-34-23(17-113-31)70-64(99)72-34)108-60-38(68-21(4)82)47(93)52(29(15-78)106-60)109-61-50(96)53(110-63-55(49(95)42(88)27(13-76)105-63)112-59-37(67-20(3)81)45(91)40(86)25(11-74)103-59)43(89)30(107-61)16-100-62-54(48(94)41(87)26(12-75)104-62)111-58-36(66-19(2)80)44(90)39(85)24(10-73)102-58/h22-31,34-56,58-63,73-78,85-96H,5-17H2,1-4H3,(H,65,79)(H,66,80)(H,67,81)(H,68,82)(H,69,83)(H,71,84)(H,97,98)(H2,70,72,99)/t22?,23?,24-,25?,26?,27?,28?,29?,30?,31?,34?,35?,36?,37-,38?,39+,40+,41+,42+,43+,44?,45?,46+,47+,48?,49?,50?,51+,52+,53-,54+,55?,56+,58-,59-,60-,61-,62+,63+/m0/s1. The van der Waals surface area contributed by atoms with Crippen LogP contribution in [0.1, 0.15) is 59.8 Å². The topological polar surface area (TPSA) is 737 Å². The molecule has 9 aliphatic heterocycles. The van der Waals surface area contributed by atoms with Crippen molar-refractivity contribution in [3.05, 3.63) is 0 Å². The summed E-state index contributed by atoms with van der Waals surface area (Å²) in [7, 11) is 0. The fraction of sp³-hybridized carbons (Fsp3) is 0.875. The third-order valence-corrected chi connectivity index (χ3v) is 22.1. The molecule has 646 valence electrons. The molecule has 48 nitrogen and oxygen atoms in total. The van der Waals surface area contributed by atoms with E-state index in [1.807, 2.05) is 0 Å². The third-order valence-electron chi connectivity index (χ3n) is 20.6. The van der Waals surface area contributed by atoms with Crippen LogP contribution in [0.5, 0.6) is 0 Å². The van der Waals surface area contributed by atoms with E-state index in [9.17, 15) is 135 Å². The Hall–Kier alpha value is -5.33. The Balaban J connectivity index is 0.969. The summed E-state index contributed by atoms with van der Waals surface area (Å²) in [6.07, 6.45) is -63.6. The van der Waals surface area contributed by atoms with Gasteiger partial charge in [0.05, 0.1) is 64.8 Å². The maximum absolute atomic E-state index is 13.7. The molecule has 0 spiro atoms.